The van der Waals surface area contributed by atoms with Crippen molar-refractivity contribution in [3.63, 3.8) is 0 Å². The topological polar surface area (TPSA) is 257 Å². The molecule has 0 amide bonds. The van der Waals surface area contributed by atoms with Crippen LogP contribution in [0.2, 0.25) is 0 Å². The molecule has 2 heterocycles. The second-order valence-electron chi connectivity index (χ2n) is 17.0. The first-order valence-corrected chi connectivity index (χ1v) is 21.3. The molecule has 2 bridgehead atoms. The van der Waals surface area contributed by atoms with Crippen molar-refractivity contribution in [3.05, 3.63) is 77.0 Å². The second kappa shape index (κ2) is 20.6. The maximum absolute atomic E-state index is 12.7. The van der Waals surface area contributed by atoms with E-state index in [4.69, 9.17) is 11.5 Å². The average Bonchev–Trinajstić information content (AvgIpc) is 3.75. The number of anilines is 1. The summed E-state index contributed by atoms with van der Waals surface area (Å²) in [6.45, 7) is -0.603. The number of aromatic nitrogens is 1. The van der Waals surface area contributed by atoms with Gasteiger partial charge in [-0.2, -0.15) is 0 Å². The van der Waals surface area contributed by atoms with Crippen molar-refractivity contribution in [1.29, 1.82) is 0 Å². The number of carboxylic acid groups (broad SMARTS) is 1. The molecule has 0 spiro atoms. The number of hydrogen-bond donors (Lipinski definition) is 10. The van der Waals surface area contributed by atoms with Crippen LogP contribution in [0.25, 0.3) is 10.8 Å². The highest BCUT2D eigenvalue weighted by Gasteiger charge is 2.47. The SMILES string of the molecule is NC1=N[C@@H](/C(=C\C(=O)O)[C@H](Nc2ccc[nH]2)[C@H]2CC[C@H]3C[C@@H]2[C@H](CCC[C@@H](N)CC[C@H](C=O)CCCO)c2cc4cc(CC=O)ccc4cc23)C[C@H]([C@H](O)[C@H](O)CO)N1. The van der Waals surface area contributed by atoms with Gasteiger partial charge in [0.25, 0.3) is 0 Å². The Bertz CT molecular complexity index is 1940. The van der Waals surface area contributed by atoms with Gasteiger partial charge in [-0.25, -0.2) is 9.79 Å². The normalized spacial score (nSPS) is 25.4. The van der Waals surface area contributed by atoms with Gasteiger partial charge in [0.05, 0.1) is 24.7 Å². The lowest BCUT2D eigenvalue weighted by Gasteiger charge is -2.50. The van der Waals surface area contributed by atoms with Crippen molar-refractivity contribution in [2.24, 2.45) is 34.2 Å². The zero-order valence-electron chi connectivity index (χ0n) is 33.7. The zero-order valence-corrected chi connectivity index (χ0v) is 33.7. The third kappa shape index (κ3) is 10.8. The van der Waals surface area contributed by atoms with Gasteiger partial charge in [0.15, 0.2) is 5.96 Å². The molecule has 12 N–H and O–H groups in total. The third-order valence-electron chi connectivity index (χ3n) is 13.1. The number of nitrogens with zero attached hydrogens (tertiary/aromatic N) is 1. The number of carbonyl (C=O) groups is 3. The van der Waals surface area contributed by atoms with Gasteiger partial charge in [-0.1, -0.05) is 36.8 Å². The van der Waals surface area contributed by atoms with Crippen molar-refractivity contribution in [1.82, 2.24) is 10.3 Å². The number of fused-ring (bicyclic) bond motifs is 5. The van der Waals surface area contributed by atoms with E-state index in [1.807, 2.05) is 18.2 Å². The number of rotatable bonds is 22. The molecule has 0 radical (unpaired) electrons. The predicted molar refractivity (Wildman–Crippen MR) is 227 cm³/mol. The van der Waals surface area contributed by atoms with Gasteiger partial charge in [-0.15, -0.1) is 0 Å². The molecule has 11 atom stereocenters. The van der Waals surface area contributed by atoms with E-state index in [2.05, 4.69) is 44.9 Å². The van der Waals surface area contributed by atoms with Crippen LogP contribution >= 0.6 is 0 Å². The molecule has 320 valence electrons. The fourth-order valence-corrected chi connectivity index (χ4v) is 10.2. The van der Waals surface area contributed by atoms with E-state index in [0.29, 0.717) is 49.4 Å². The van der Waals surface area contributed by atoms with Gasteiger partial charge >= 0.3 is 5.97 Å². The Kier molecular flexibility index (Phi) is 15.3. The maximum atomic E-state index is 12.7. The van der Waals surface area contributed by atoms with Crippen LogP contribution in [-0.4, -0.2) is 105 Å². The number of aliphatic carboxylic acids is 1. The molecule has 0 saturated heterocycles. The molecule has 1 aromatic heterocycles. The molecular weight excluding hydrogens is 753 g/mol. The highest BCUT2D eigenvalue weighted by Crippen LogP contribution is 2.56. The summed E-state index contributed by atoms with van der Waals surface area (Å²) in [6, 6.07) is 12.5. The molecular formula is C45H62N6O8. The summed E-state index contributed by atoms with van der Waals surface area (Å²) in [4.78, 5) is 43.8. The first kappa shape index (κ1) is 44.0. The number of nitrogens with one attached hydrogen (secondary N) is 3. The molecule has 14 heteroatoms. The van der Waals surface area contributed by atoms with Gasteiger partial charge in [0.2, 0.25) is 0 Å². The second-order valence-corrected chi connectivity index (χ2v) is 17.0. The van der Waals surface area contributed by atoms with Gasteiger partial charge in [0, 0.05) is 37.3 Å². The third-order valence-corrected chi connectivity index (χ3v) is 13.1. The van der Waals surface area contributed by atoms with E-state index >= 15 is 0 Å². The van der Waals surface area contributed by atoms with Crippen LogP contribution in [0.5, 0.6) is 0 Å². The molecule has 2 aromatic carbocycles. The number of carbonyl (C=O) groups excluding carboxylic acids is 2. The van der Waals surface area contributed by atoms with Crippen LogP contribution in [0.15, 0.2) is 65.3 Å². The van der Waals surface area contributed by atoms with Gasteiger partial charge < -0.3 is 62.2 Å². The van der Waals surface area contributed by atoms with Crippen molar-refractivity contribution in [2.45, 2.75) is 125 Å². The first-order valence-electron chi connectivity index (χ1n) is 21.3. The monoisotopic (exact) mass is 814 g/mol. The number of aliphatic hydroxyl groups is 4. The lowest BCUT2D eigenvalue weighted by atomic mass is 9.56. The minimum Gasteiger partial charge on any atom is -0.478 e. The van der Waals surface area contributed by atoms with Gasteiger partial charge in [-0.05, 0) is 133 Å². The summed E-state index contributed by atoms with van der Waals surface area (Å²) < 4.78 is 0. The largest absolute Gasteiger partial charge is 0.478 e. The lowest BCUT2D eigenvalue weighted by molar-refractivity contribution is -0.131. The average molecular weight is 815 g/mol. The molecule has 1 aliphatic heterocycles. The first-order chi connectivity index (χ1) is 28.5. The summed E-state index contributed by atoms with van der Waals surface area (Å²) >= 11 is 0. The number of aromatic amines is 1. The summed E-state index contributed by atoms with van der Waals surface area (Å²) in [5, 5.41) is 59.3. The Morgan fingerprint density at radius 2 is 1.80 bits per heavy atom. The van der Waals surface area contributed by atoms with Crippen LogP contribution in [-0.2, 0) is 20.8 Å². The molecule has 0 unspecified atom stereocenters. The van der Waals surface area contributed by atoms with Crippen molar-refractivity contribution in [2.75, 3.05) is 18.5 Å². The zero-order chi connectivity index (χ0) is 42.1. The molecule has 14 nitrogen and oxygen atoms in total. The number of aldehydes is 2. The summed E-state index contributed by atoms with van der Waals surface area (Å²) in [5.41, 5.74) is 17.0. The lowest BCUT2D eigenvalue weighted by Crippen LogP contribution is -2.56. The number of benzene rings is 2. The Hall–Kier alpha value is -4.60. The molecule has 1 fully saturated rings. The fraction of sp³-hybridized carbons (Fsp3) is 0.556. The van der Waals surface area contributed by atoms with E-state index in [9.17, 15) is 39.9 Å². The van der Waals surface area contributed by atoms with Crippen LogP contribution < -0.4 is 22.1 Å². The molecule has 1 saturated carbocycles. The number of hydrogen-bond acceptors (Lipinski definition) is 12. The highest BCUT2D eigenvalue weighted by atomic mass is 16.4. The van der Waals surface area contributed by atoms with E-state index in [0.717, 1.165) is 67.4 Å². The Morgan fingerprint density at radius 3 is 2.51 bits per heavy atom. The van der Waals surface area contributed by atoms with E-state index < -0.39 is 42.9 Å². The predicted octanol–water partition coefficient (Wildman–Crippen LogP) is 3.62. The van der Waals surface area contributed by atoms with Crippen molar-refractivity contribution in [3.8, 4) is 0 Å². The van der Waals surface area contributed by atoms with Crippen LogP contribution in [0.3, 0.4) is 0 Å². The molecule has 3 aliphatic rings. The van der Waals surface area contributed by atoms with E-state index in [1.54, 1.807) is 6.20 Å². The number of nitrogens with two attached hydrogens (primary N) is 2. The van der Waals surface area contributed by atoms with E-state index in [-0.39, 0.29) is 48.7 Å². The number of H-pyrrole nitrogens is 1. The number of carboxylic acids is 1. The van der Waals surface area contributed by atoms with Gasteiger partial charge in [-0.3, -0.25) is 0 Å². The van der Waals surface area contributed by atoms with Crippen LogP contribution in [0.1, 0.15) is 99.2 Å². The molecule has 2 aliphatic carbocycles. The molecule has 6 rings (SSSR count). The fourth-order valence-electron chi connectivity index (χ4n) is 10.2. The summed E-state index contributed by atoms with van der Waals surface area (Å²) in [6.07, 6.45) is 10.2. The Labute approximate surface area is 345 Å². The minimum atomic E-state index is -1.44. The van der Waals surface area contributed by atoms with Crippen LogP contribution in [0, 0.1) is 17.8 Å². The van der Waals surface area contributed by atoms with E-state index in [1.165, 1.54) is 17.2 Å². The quantitative estimate of drug-likeness (QED) is 0.0516. The molecule has 3 aromatic rings. The molecule has 59 heavy (non-hydrogen) atoms. The number of aliphatic imine (C=N–C) groups is 1. The number of aliphatic hydroxyl groups excluding tert-OH is 4. The van der Waals surface area contributed by atoms with Gasteiger partial charge in [0.1, 0.15) is 30.6 Å². The summed E-state index contributed by atoms with van der Waals surface area (Å²) in [7, 11) is 0. The Balaban J connectivity index is 1.37. The van der Waals surface area contributed by atoms with Crippen LogP contribution in [0.4, 0.5) is 5.82 Å². The highest BCUT2D eigenvalue weighted by molar-refractivity contribution is 5.86. The van der Waals surface area contributed by atoms with Crippen molar-refractivity contribution < 1.29 is 39.9 Å². The minimum absolute atomic E-state index is 0.00329. The smallest absolute Gasteiger partial charge is 0.328 e. The number of guanidine groups is 1. The summed E-state index contributed by atoms with van der Waals surface area (Å²) in [5.74, 6) is -0.0795. The Morgan fingerprint density at radius 1 is 0.983 bits per heavy atom. The van der Waals surface area contributed by atoms with Crippen molar-refractivity contribution >= 4 is 41.1 Å². The standard InChI is InChI=1S/C45H62N6O8/c46-31(12-9-27(24-54)4-3-16-52)5-1-6-32-35-20-29(34-19-28-10-8-26(14-17-53)18-30(28)21-36(32)34)11-13-33(35)43(51-41-7-2-15-48-41)37(22-42(57)58)38-23-39(50-45(47)49-38)44(59)40(56)25-55/h2,7-8,10,15,17-19,21-22,24,27,29,31-33,35,38-40,43-44,48,51-52,55-56,59H,1,3-6,9,11-14,16,20,23,25,46H2,(H,57,58)(H3,47,49,50)/b37-22+/t27-,29+,31-,32+,33+,35-,38-,39-,40-,43-,44+/m1/s1. The maximum Gasteiger partial charge on any atom is 0.328 e.